The lowest BCUT2D eigenvalue weighted by atomic mass is 10.1. The van der Waals surface area contributed by atoms with Gasteiger partial charge in [-0.1, -0.05) is 50.7 Å². The summed E-state index contributed by atoms with van der Waals surface area (Å²) in [6.45, 7) is 6.76. The van der Waals surface area contributed by atoms with Crippen molar-refractivity contribution in [3.05, 3.63) is 54.1 Å². The van der Waals surface area contributed by atoms with Crippen LogP contribution in [0.25, 0.3) is 22.1 Å². The third kappa shape index (κ3) is 4.75. The predicted molar refractivity (Wildman–Crippen MR) is 133 cm³/mol. The van der Waals surface area contributed by atoms with Crippen LogP contribution in [0.5, 0.6) is 0 Å². The topological polar surface area (TPSA) is 89.8 Å². The van der Waals surface area contributed by atoms with Gasteiger partial charge in [0.2, 0.25) is 11.1 Å². The molecule has 0 spiro atoms. The Labute approximate surface area is 197 Å². The van der Waals surface area contributed by atoms with Crippen LogP contribution in [-0.2, 0) is 11.3 Å². The van der Waals surface area contributed by atoms with Gasteiger partial charge in [-0.3, -0.25) is 9.59 Å². The van der Waals surface area contributed by atoms with Crippen molar-refractivity contribution < 1.29 is 9.59 Å². The van der Waals surface area contributed by atoms with Crippen LogP contribution >= 0.6 is 11.8 Å². The second-order valence-corrected chi connectivity index (χ2v) is 8.96. The number of hydrogen-bond acceptors (Lipinski definition) is 6. The summed E-state index contributed by atoms with van der Waals surface area (Å²) in [4.78, 5) is 29.5. The van der Waals surface area contributed by atoms with Crippen molar-refractivity contribution in [3.63, 3.8) is 0 Å². The van der Waals surface area contributed by atoms with E-state index < -0.39 is 0 Å². The summed E-state index contributed by atoms with van der Waals surface area (Å²) in [6, 6.07) is 15.1. The molecule has 4 rings (SSSR count). The fourth-order valence-corrected chi connectivity index (χ4v) is 4.62. The zero-order chi connectivity index (χ0) is 23.4. The van der Waals surface area contributed by atoms with Crippen LogP contribution in [0.2, 0.25) is 0 Å². The Kier molecular flexibility index (Phi) is 7.03. The molecule has 8 heteroatoms. The molecule has 1 unspecified atom stereocenters. The number of nitrogens with one attached hydrogen (secondary N) is 1. The highest BCUT2D eigenvalue weighted by Crippen LogP contribution is 2.29. The fourth-order valence-electron chi connectivity index (χ4n) is 3.80. The number of anilines is 1. The SMILES string of the molecule is CCCn1c2ccccc2c2nnc(SC(CC)C(=O)Nc3ccc(C(=O)CC)cc3)nc21. The molecule has 0 bridgehead atoms. The summed E-state index contributed by atoms with van der Waals surface area (Å²) >= 11 is 1.32. The van der Waals surface area contributed by atoms with Crippen molar-refractivity contribution in [1.82, 2.24) is 19.7 Å². The number of benzene rings is 2. The molecule has 0 aliphatic carbocycles. The second-order valence-electron chi connectivity index (χ2n) is 7.79. The summed E-state index contributed by atoms with van der Waals surface area (Å²) in [5.74, 6) is -0.0507. The van der Waals surface area contributed by atoms with Gasteiger partial charge in [0.25, 0.3) is 0 Å². The number of fused-ring (bicyclic) bond motifs is 3. The molecule has 1 N–H and O–H groups in total. The molecule has 0 fully saturated rings. The molecule has 0 saturated carbocycles. The zero-order valence-corrected chi connectivity index (χ0v) is 19.9. The average Bonchev–Trinajstić information content (AvgIpc) is 3.15. The Balaban J connectivity index is 1.55. The minimum absolute atomic E-state index is 0.0791. The van der Waals surface area contributed by atoms with Gasteiger partial charge in [-0.25, -0.2) is 4.98 Å². The first-order valence-corrected chi connectivity index (χ1v) is 12.2. The van der Waals surface area contributed by atoms with Crippen LogP contribution in [0.15, 0.2) is 53.7 Å². The van der Waals surface area contributed by atoms with E-state index in [1.54, 1.807) is 24.3 Å². The minimum Gasteiger partial charge on any atom is -0.325 e. The zero-order valence-electron chi connectivity index (χ0n) is 19.0. The van der Waals surface area contributed by atoms with Gasteiger partial charge in [-0.05, 0) is 43.2 Å². The number of carbonyl (C=O) groups is 2. The van der Waals surface area contributed by atoms with Gasteiger partial charge in [-0.2, -0.15) is 0 Å². The van der Waals surface area contributed by atoms with Gasteiger partial charge in [0, 0.05) is 29.6 Å². The van der Waals surface area contributed by atoms with E-state index in [0.29, 0.717) is 29.2 Å². The highest BCUT2D eigenvalue weighted by molar-refractivity contribution is 8.00. The van der Waals surface area contributed by atoms with Crippen LogP contribution in [0.3, 0.4) is 0 Å². The number of aromatic nitrogens is 4. The van der Waals surface area contributed by atoms with E-state index in [0.717, 1.165) is 35.0 Å². The Morgan fingerprint density at radius 1 is 1.03 bits per heavy atom. The normalized spacial score (nSPS) is 12.2. The molecule has 1 amide bonds. The molecular weight excluding hydrogens is 434 g/mol. The second kappa shape index (κ2) is 10.1. The Hall–Kier alpha value is -3.26. The van der Waals surface area contributed by atoms with Gasteiger partial charge < -0.3 is 9.88 Å². The number of nitrogens with zero attached hydrogens (tertiary/aromatic N) is 4. The number of hydrogen-bond donors (Lipinski definition) is 1. The van der Waals surface area contributed by atoms with Crippen LogP contribution in [-0.4, -0.2) is 36.7 Å². The lowest BCUT2D eigenvalue weighted by Gasteiger charge is -2.14. The number of para-hydroxylation sites is 1. The van der Waals surface area contributed by atoms with Crippen molar-refractivity contribution >= 4 is 51.2 Å². The van der Waals surface area contributed by atoms with Gasteiger partial charge in [0.1, 0.15) is 5.52 Å². The molecule has 7 nitrogen and oxygen atoms in total. The molecule has 0 aliphatic rings. The van der Waals surface area contributed by atoms with Crippen molar-refractivity contribution in [2.45, 2.75) is 57.0 Å². The number of carbonyl (C=O) groups excluding carboxylic acids is 2. The molecule has 2 heterocycles. The number of Topliss-reactive ketones (excluding diaryl/α,β-unsaturated/α-hetero) is 1. The number of aryl methyl sites for hydroxylation is 1. The van der Waals surface area contributed by atoms with E-state index >= 15 is 0 Å². The molecule has 2 aromatic carbocycles. The Morgan fingerprint density at radius 2 is 1.79 bits per heavy atom. The summed E-state index contributed by atoms with van der Waals surface area (Å²) in [5.41, 5.74) is 3.97. The maximum Gasteiger partial charge on any atom is 0.237 e. The third-order valence-electron chi connectivity index (χ3n) is 5.51. The quantitative estimate of drug-likeness (QED) is 0.262. The molecular formula is C25H27N5O2S. The number of amides is 1. The summed E-state index contributed by atoms with van der Waals surface area (Å²) in [7, 11) is 0. The van der Waals surface area contributed by atoms with E-state index in [1.807, 2.05) is 32.0 Å². The smallest absolute Gasteiger partial charge is 0.237 e. The fraction of sp³-hybridized carbons (Fsp3) is 0.320. The molecule has 0 radical (unpaired) electrons. The molecule has 4 aromatic rings. The Morgan fingerprint density at radius 3 is 2.48 bits per heavy atom. The van der Waals surface area contributed by atoms with E-state index in [9.17, 15) is 9.59 Å². The van der Waals surface area contributed by atoms with Crippen molar-refractivity contribution in [2.24, 2.45) is 0 Å². The van der Waals surface area contributed by atoms with Crippen molar-refractivity contribution in [2.75, 3.05) is 5.32 Å². The van der Waals surface area contributed by atoms with E-state index in [2.05, 4.69) is 33.1 Å². The molecule has 2 aromatic heterocycles. The van der Waals surface area contributed by atoms with Gasteiger partial charge in [-0.15, -0.1) is 10.2 Å². The van der Waals surface area contributed by atoms with Crippen LogP contribution in [0, 0.1) is 0 Å². The summed E-state index contributed by atoms with van der Waals surface area (Å²) in [5, 5.41) is 12.9. The maximum atomic E-state index is 12.9. The predicted octanol–water partition coefficient (Wildman–Crippen LogP) is 5.49. The van der Waals surface area contributed by atoms with Gasteiger partial charge in [0.15, 0.2) is 11.4 Å². The summed E-state index contributed by atoms with van der Waals surface area (Å²) in [6.07, 6.45) is 2.04. The highest BCUT2D eigenvalue weighted by Gasteiger charge is 2.22. The van der Waals surface area contributed by atoms with Gasteiger partial charge in [0.05, 0.1) is 10.8 Å². The monoisotopic (exact) mass is 461 g/mol. The minimum atomic E-state index is -0.370. The summed E-state index contributed by atoms with van der Waals surface area (Å²) < 4.78 is 2.17. The first-order chi connectivity index (χ1) is 16.0. The number of thioether (sulfide) groups is 1. The third-order valence-corrected chi connectivity index (χ3v) is 6.72. The standard InChI is InChI=1S/C25H27N5O2S/c1-4-15-30-19-10-8-7-9-18(19)22-23(30)27-25(29-28-22)33-21(6-3)24(32)26-17-13-11-16(12-14-17)20(31)5-2/h7-14,21H,4-6,15H2,1-3H3,(H,26,32). The first kappa shape index (κ1) is 22.9. The van der Waals surface area contributed by atoms with Crippen LogP contribution < -0.4 is 5.32 Å². The maximum absolute atomic E-state index is 12.9. The lowest BCUT2D eigenvalue weighted by molar-refractivity contribution is -0.115. The highest BCUT2D eigenvalue weighted by atomic mass is 32.2. The molecule has 0 saturated heterocycles. The first-order valence-electron chi connectivity index (χ1n) is 11.3. The Bertz CT molecular complexity index is 1300. The van der Waals surface area contributed by atoms with Crippen molar-refractivity contribution in [1.29, 1.82) is 0 Å². The van der Waals surface area contributed by atoms with Gasteiger partial charge >= 0.3 is 0 Å². The molecule has 170 valence electrons. The molecule has 33 heavy (non-hydrogen) atoms. The van der Waals surface area contributed by atoms with E-state index in [-0.39, 0.29) is 16.9 Å². The number of ketones is 1. The van der Waals surface area contributed by atoms with E-state index in [4.69, 9.17) is 4.98 Å². The lowest BCUT2D eigenvalue weighted by Crippen LogP contribution is -2.25. The van der Waals surface area contributed by atoms with E-state index in [1.165, 1.54) is 11.8 Å². The van der Waals surface area contributed by atoms with Crippen LogP contribution in [0.4, 0.5) is 5.69 Å². The largest absolute Gasteiger partial charge is 0.325 e. The average molecular weight is 462 g/mol. The van der Waals surface area contributed by atoms with Crippen LogP contribution in [0.1, 0.15) is 50.4 Å². The molecule has 0 aliphatic heterocycles. The number of rotatable bonds is 9. The van der Waals surface area contributed by atoms with Crippen molar-refractivity contribution in [3.8, 4) is 0 Å². The molecule has 1 atom stereocenters.